The predicted molar refractivity (Wildman–Crippen MR) is 79.4 cm³/mol. The summed E-state index contributed by atoms with van der Waals surface area (Å²) >= 11 is 0. The Bertz CT molecular complexity index is 562. The highest BCUT2D eigenvalue weighted by Gasteiger charge is 2.32. The molecule has 2 N–H and O–H groups in total. The maximum Gasteiger partial charge on any atom is 0.252 e. The number of amides is 1. The zero-order valence-electron chi connectivity index (χ0n) is 12.1. The third kappa shape index (κ3) is 3.40. The van der Waals surface area contributed by atoms with Gasteiger partial charge in [0, 0.05) is 12.1 Å². The maximum atomic E-state index is 12.3. The van der Waals surface area contributed by atoms with E-state index in [1.54, 1.807) is 0 Å². The molecule has 3 nitrogen and oxygen atoms in total. The SMILES string of the molecule is Cc1ccc(C#CCO)c(C(=O)NCC2(C)CCC2)c1. The molecule has 0 aromatic heterocycles. The van der Waals surface area contributed by atoms with E-state index < -0.39 is 0 Å². The Morgan fingerprint density at radius 2 is 2.20 bits per heavy atom. The van der Waals surface area contributed by atoms with Crippen LogP contribution >= 0.6 is 0 Å². The van der Waals surface area contributed by atoms with Gasteiger partial charge in [-0.05, 0) is 37.3 Å². The van der Waals surface area contributed by atoms with E-state index in [0.29, 0.717) is 17.7 Å². The second kappa shape index (κ2) is 6.11. The highest BCUT2D eigenvalue weighted by molar-refractivity contribution is 5.97. The van der Waals surface area contributed by atoms with E-state index in [0.717, 1.165) is 5.56 Å². The summed E-state index contributed by atoms with van der Waals surface area (Å²) in [6.45, 7) is 4.67. The quantitative estimate of drug-likeness (QED) is 0.828. The van der Waals surface area contributed by atoms with Crippen molar-refractivity contribution in [3.63, 3.8) is 0 Å². The minimum absolute atomic E-state index is 0.0796. The molecule has 1 aliphatic carbocycles. The largest absolute Gasteiger partial charge is 0.384 e. The summed E-state index contributed by atoms with van der Waals surface area (Å²) in [5.41, 5.74) is 2.55. The molecule has 0 atom stereocenters. The van der Waals surface area contributed by atoms with Crippen molar-refractivity contribution in [3.8, 4) is 11.8 Å². The van der Waals surface area contributed by atoms with E-state index in [-0.39, 0.29) is 17.9 Å². The number of aliphatic hydroxyl groups is 1. The third-order valence-corrected chi connectivity index (χ3v) is 3.96. The molecule has 1 aromatic carbocycles. The van der Waals surface area contributed by atoms with Crippen molar-refractivity contribution in [3.05, 3.63) is 34.9 Å². The van der Waals surface area contributed by atoms with Gasteiger partial charge < -0.3 is 10.4 Å². The van der Waals surface area contributed by atoms with Crippen molar-refractivity contribution >= 4 is 5.91 Å². The molecule has 0 heterocycles. The third-order valence-electron chi connectivity index (χ3n) is 3.96. The lowest BCUT2D eigenvalue weighted by Gasteiger charge is -2.38. The minimum Gasteiger partial charge on any atom is -0.384 e. The summed E-state index contributed by atoms with van der Waals surface area (Å²) in [7, 11) is 0. The molecule has 0 aliphatic heterocycles. The maximum absolute atomic E-state index is 12.3. The van der Waals surface area contributed by atoms with Crippen LogP contribution in [0.25, 0.3) is 0 Å². The number of aryl methyl sites for hydroxylation is 1. The molecular weight excluding hydrogens is 250 g/mol. The molecule has 1 saturated carbocycles. The normalized spacial score (nSPS) is 15.8. The summed E-state index contributed by atoms with van der Waals surface area (Å²) in [6, 6.07) is 5.60. The Labute approximate surface area is 120 Å². The summed E-state index contributed by atoms with van der Waals surface area (Å²) in [6.07, 6.45) is 3.61. The number of aliphatic hydroxyl groups excluding tert-OH is 1. The first kappa shape index (κ1) is 14.6. The summed E-state index contributed by atoms with van der Waals surface area (Å²) in [4.78, 5) is 12.3. The van der Waals surface area contributed by atoms with E-state index in [1.807, 2.05) is 25.1 Å². The Kier molecular flexibility index (Phi) is 4.46. The van der Waals surface area contributed by atoms with Gasteiger partial charge in [0.25, 0.3) is 5.91 Å². The van der Waals surface area contributed by atoms with Gasteiger partial charge in [0.15, 0.2) is 0 Å². The van der Waals surface area contributed by atoms with Crippen LogP contribution in [0.2, 0.25) is 0 Å². The average Bonchev–Trinajstić information content (AvgIpc) is 2.41. The Morgan fingerprint density at radius 1 is 1.45 bits per heavy atom. The summed E-state index contributed by atoms with van der Waals surface area (Å²) in [5.74, 6) is 5.36. The van der Waals surface area contributed by atoms with Crippen molar-refractivity contribution in [1.82, 2.24) is 5.32 Å². The average molecular weight is 271 g/mol. The van der Waals surface area contributed by atoms with Crippen LogP contribution in [-0.4, -0.2) is 24.2 Å². The van der Waals surface area contributed by atoms with Gasteiger partial charge in [0.2, 0.25) is 0 Å². The van der Waals surface area contributed by atoms with Crippen LogP contribution in [0.4, 0.5) is 0 Å². The molecule has 3 heteroatoms. The lowest BCUT2D eigenvalue weighted by Crippen LogP contribution is -2.40. The topological polar surface area (TPSA) is 49.3 Å². The smallest absolute Gasteiger partial charge is 0.252 e. The van der Waals surface area contributed by atoms with Crippen molar-refractivity contribution in [2.45, 2.75) is 33.1 Å². The van der Waals surface area contributed by atoms with Gasteiger partial charge >= 0.3 is 0 Å². The van der Waals surface area contributed by atoms with E-state index in [1.165, 1.54) is 19.3 Å². The van der Waals surface area contributed by atoms with Gasteiger partial charge in [0.05, 0.1) is 5.56 Å². The fraction of sp³-hybridized carbons (Fsp3) is 0.471. The number of hydrogen-bond donors (Lipinski definition) is 2. The van der Waals surface area contributed by atoms with E-state index in [2.05, 4.69) is 24.1 Å². The highest BCUT2D eigenvalue weighted by atomic mass is 16.2. The molecule has 0 saturated heterocycles. The molecule has 1 amide bonds. The van der Waals surface area contributed by atoms with Crippen LogP contribution in [0.15, 0.2) is 18.2 Å². The molecule has 2 rings (SSSR count). The first-order chi connectivity index (χ1) is 9.54. The fourth-order valence-corrected chi connectivity index (χ4v) is 2.44. The lowest BCUT2D eigenvalue weighted by molar-refractivity contribution is 0.0890. The van der Waals surface area contributed by atoms with Crippen LogP contribution in [0.5, 0.6) is 0 Å². The zero-order chi connectivity index (χ0) is 14.6. The van der Waals surface area contributed by atoms with Crippen LogP contribution < -0.4 is 5.32 Å². The second-order valence-corrected chi connectivity index (χ2v) is 5.86. The molecule has 0 bridgehead atoms. The second-order valence-electron chi connectivity index (χ2n) is 5.86. The standard InChI is InChI=1S/C17H21NO2/c1-13-6-7-14(5-3-10-19)15(11-13)16(20)18-12-17(2)8-4-9-17/h6-7,11,19H,4,8-10,12H2,1-2H3,(H,18,20). The monoisotopic (exact) mass is 271 g/mol. The van der Waals surface area contributed by atoms with Crippen LogP contribution in [0.1, 0.15) is 47.7 Å². The fourth-order valence-electron chi connectivity index (χ4n) is 2.44. The lowest BCUT2D eigenvalue weighted by atomic mass is 9.70. The molecule has 0 unspecified atom stereocenters. The summed E-state index contributed by atoms with van der Waals surface area (Å²) in [5, 5.41) is 11.8. The molecule has 1 aliphatic rings. The van der Waals surface area contributed by atoms with Crippen LogP contribution in [-0.2, 0) is 0 Å². The minimum atomic E-state index is -0.201. The molecule has 0 spiro atoms. The molecule has 0 radical (unpaired) electrons. The van der Waals surface area contributed by atoms with Crippen molar-refractivity contribution in [1.29, 1.82) is 0 Å². The van der Waals surface area contributed by atoms with Crippen molar-refractivity contribution in [2.75, 3.05) is 13.2 Å². The van der Waals surface area contributed by atoms with E-state index >= 15 is 0 Å². The van der Waals surface area contributed by atoms with Gasteiger partial charge in [-0.3, -0.25) is 4.79 Å². The molecule has 106 valence electrons. The number of carbonyl (C=O) groups excluding carboxylic acids is 1. The van der Waals surface area contributed by atoms with E-state index in [4.69, 9.17) is 5.11 Å². The highest BCUT2D eigenvalue weighted by Crippen LogP contribution is 2.39. The molecule has 1 fully saturated rings. The molecule has 20 heavy (non-hydrogen) atoms. The molecular formula is C17H21NO2. The zero-order valence-corrected chi connectivity index (χ0v) is 12.1. The Balaban J connectivity index is 2.13. The van der Waals surface area contributed by atoms with Gasteiger partial charge in [0.1, 0.15) is 6.61 Å². The van der Waals surface area contributed by atoms with Crippen molar-refractivity contribution in [2.24, 2.45) is 5.41 Å². The number of nitrogens with one attached hydrogen (secondary N) is 1. The predicted octanol–water partition coefficient (Wildman–Crippen LogP) is 2.26. The van der Waals surface area contributed by atoms with Gasteiger partial charge in [-0.25, -0.2) is 0 Å². The van der Waals surface area contributed by atoms with Gasteiger partial charge in [-0.1, -0.05) is 36.8 Å². The number of rotatable bonds is 3. The first-order valence-corrected chi connectivity index (χ1v) is 7.03. The number of hydrogen-bond acceptors (Lipinski definition) is 2. The summed E-state index contributed by atoms with van der Waals surface area (Å²) < 4.78 is 0. The first-order valence-electron chi connectivity index (χ1n) is 7.03. The van der Waals surface area contributed by atoms with Crippen LogP contribution in [0.3, 0.4) is 0 Å². The number of carbonyl (C=O) groups is 1. The Hall–Kier alpha value is -1.79. The van der Waals surface area contributed by atoms with Crippen molar-refractivity contribution < 1.29 is 9.90 Å². The van der Waals surface area contributed by atoms with E-state index in [9.17, 15) is 4.79 Å². The number of benzene rings is 1. The van der Waals surface area contributed by atoms with Crippen LogP contribution in [0, 0.1) is 24.2 Å². The van der Waals surface area contributed by atoms with Gasteiger partial charge in [-0.15, -0.1) is 0 Å². The Morgan fingerprint density at radius 3 is 2.80 bits per heavy atom. The molecule has 1 aromatic rings. The van der Waals surface area contributed by atoms with Gasteiger partial charge in [-0.2, -0.15) is 0 Å².